The summed E-state index contributed by atoms with van der Waals surface area (Å²) in [7, 11) is -3.74. The first-order valence-corrected chi connectivity index (χ1v) is 7.16. The molecule has 20 heavy (non-hydrogen) atoms. The smallest absolute Gasteiger partial charge is 0.263 e. The third kappa shape index (κ3) is 2.87. The Hall–Kier alpha value is -2.59. The van der Waals surface area contributed by atoms with Crippen LogP contribution in [0.15, 0.2) is 41.4 Å². The zero-order valence-electron chi connectivity index (χ0n) is 10.7. The molecule has 0 aliphatic carbocycles. The summed E-state index contributed by atoms with van der Waals surface area (Å²) in [5.41, 5.74) is 6.84. The first-order chi connectivity index (χ1) is 9.42. The van der Waals surface area contributed by atoms with Gasteiger partial charge in [-0.3, -0.25) is 4.72 Å². The Kier molecular flexibility index (Phi) is 3.59. The van der Waals surface area contributed by atoms with Crippen LogP contribution in [0, 0.1) is 18.3 Å². The van der Waals surface area contributed by atoms with Gasteiger partial charge < -0.3 is 5.73 Å². The van der Waals surface area contributed by atoms with Gasteiger partial charge >= 0.3 is 0 Å². The number of sulfonamides is 1. The van der Waals surface area contributed by atoms with E-state index >= 15 is 0 Å². The van der Waals surface area contributed by atoms with E-state index in [1.54, 1.807) is 13.0 Å². The molecule has 7 heteroatoms. The summed E-state index contributed by atoms with van der Waals surface area (Å²) in [6, 6.07) is 9.36. The Morgan fingerprint density at radius 2 is 2.05 bits per heavy atom. The molecule has 0 saturated heterocycles. The highest BCUT2D eigenvalue weighted by molar-refractivity contribution is 7.92. The number of aromatic nitrogens is 1. The van der Waals surface area contributed by atoms with Crippen molar-refractivity contribution in [2.24, 2.45) is 0 Å². The minimum atomic E-state index is -3.74. The molecule has 0 aliphatic rings. The van der Waals surface area contributed by atoms with E-state index in [2.05, 4.69) is 9.71 Å². The van der Waals surface area contributed by atoms with Crippen molar-refractivity contribution in [2.75, 3.05) is 10.5 Å². The van der Waals surface area contributed by atoms with Crippen LogP contribution in [0.2, 0.25) is 0 Å². The number of pyridine rings is 1. The number of hydrogen-bond donors (Lipinski definition) is 2. The van der Waals surface area contributed by atoms with Gasteiger partial charge in [-0.25, -0.2) is 13.4 Å². The molecule has 2 aromatic rings. The minimum Gasteiger partial charge on any atom is -0.397 e. The van der Waals surface area contributed by atoms with E-state index in [1.165, 1.54) is 30.5 Å². The Labute approximate surface area is 116 Å². The van der Waals surface area contributed by atoms with Crippen molar-refractivity contribution in [3.05, 3.63) is 47.7 Å². The van der Waals surface area contributed by atoms with Crippen molar-refractivity contribution in [1.29, 1.82) is 5.26 Å². The third-order valence-corrected chi connectivity index (χ3v) is 4.13. The molecule has 0 saturated carbocycles. The molecule has 0 atom stereocenters. The second kappa shape index (κ2) is 5.19. The topological polar surface area (TPSA) is 109 Å². The maximum absolute atomic E-state index is 12.2. The average molecular weight is 288 g/mol. The van der Waals surface area contributed by atoms with Crippen molar-refractivity contribution in [2.45, 2.75) is 11.8 Å². The summed E-state index contributed by atoms with van der Waals surface area (Å²) in [5.74, 6) is 0.183. The number of nitrogens with zero attached hydrogens (tertiary/aromatic N) is 2. The SMILES string of the molecule is Cc1cc(C#N)ccc1S(=O)(=O)Nc1ccc(N)cn1. The number of nitriles is 1. The number of rotatable bonds is 3. The molecule has 3 N–H and O–H groups in total. The second-order valence-electron chi connectivity index (χ2n) is 4.17. The molecular weight excluding hydrogens is 276 g/mol. The lowest BCUT2D eigenvalue weighted by atomic mass is 10.2. The van der Waals surface area contributed by atoms with Crippen LogP contribution in [-0.2, 0) is 10.0 Å². The van der Waals surface area contributed by atoms with Gasteiger partial charge in [-0.15, -0.1) is 0 Å². The Balaban J connectivity index is 2.36. The molecule has 0 spiro atoms. The van der Waals surface area contributed by atoms with Gasteiger partial charge in [-0.1, -0.05) is 0 Å². The number of nitrogens with one attached hydrogen (secondary N) is 1. The monoisotopic (exact) mass is 288 g/mol. The highest BCUT2D eigenvalue weighted by atomic mass is 32.2. The third-order valence-electron chi connectivity index (χ3n) is 2.62. The fraction of sp³-hybridized carbons (Fsp3) is 0.0769. The lowest BCUT2D eigenvalue weighted by Crippen LogP contribution is -2.15. The van der Waals surface area contributed by atoms with Gasteiger partial charge in [0, 0.05) is 0 Å². The molecule has 1 aromatic heterocycles. The van der Waals surface area contributed by atoms with Crippen LogP contribution in [0.25, 0.3) is 0 Å². The van der Waals surface area contributed by atoms with Gasteiger partial charge in [0.15, 0.2) is 0 Å². The fourth-order valence-corrected chi connectivity index (χ4v) is 2.91. The maximum atomic E-state index is 12.2. The highest BCUT2D eigenvalue weighted by Crippen LogP contribution is 2.19. The van der Waals surface area contributed by atoms with Crippen LogP contribution in [0.1, 0.15) is 11.1 Å². The van der Waals surface area contributed by atoms with Crippen molar-refractivity contribution in [1.82, 2.24) is 4.98 Å². The molecule has 1 heterocycles. The van der Waals surface area contributed by atoms with Crippen LogP contribution in [0.5, 0.6) is 0 Å². The van der Waals surface area contributed by atoms with Gasteiger partial charge in [-0.2, -0.15) is 5.26 Å². The van der Waals surface area contributed by atoms with E-state index < -0.39 is 10.0 Å². The van der Waals surface area contributed by atoms with E-state index in [0.29, 0.717) is 16.8 Å². The lowest BCUT2D eigenvalue weighted by Gasteiger charge is -2.10. The summed E-state index contributed by atoms with van der Waals surface area (Å²) in [4.78, 5) is 3.99. The maximum Gasteiger partial charge on any atom is 0.263 e. The average Bonchev–Trinajstić information content (AvgIpc) is 2.40. The Bertz CT molecular complexity index is 777. The zero-order chi connectivity index (χ0) is 14.8. The van der Waals surface area contributed by atoms with E-state index in [4.69, 9.17) is 11.0 Å². The summed E-state index contributed by atoms with van der Waals surface area (Å²) in [6.45, 7) is 1.63. The summed E-state index contributed by atoms with van der Waals surface area (Å²) in [5, 5.41) is 8.78. The zero-order valence-corrected chi connectivity index (χ0v) is 11.5. The molecule has 102 valence electrons. The molecule has 6 nitrogen and oxygen atoms in total. The van der Waals surface area contributed by atoms with Crippen molar-refractivity contribution >= 4 is 21.5 Å². The van der Waals surface area contributed by atoms with Gasteiger partial charge in [-0.05, 0) is 42.8 Å². The number of nitrogens with two attached hydrogens (primary N) is 1. The van der Waals surface area contributed by atoms with E-state index in [9.17, 15) is 8.42 Å². The number of benzene rings is 1. The first-order valence-electron chi connectivity index (χ1n) is 5.67. The summed E-state index contributed by atoms with van der Waals surface area (Å²) >= 11 is 0. The number of anilines is 2. The number of hydrogen-bond acceptors (Lipinski definition) is 5. The van der Waals surface area contributed by atoms with Crippen molar-refractivity contribution < 1.29 is 8.42 Å². The first kappa shape index (κ1) is 13.8. The van der Waals surface area contributed by atoms with Crippen molar-refractivity contribution in [3.63, 3.8) is 0 Å². The lowest BCUT2D eigenvalue weighted by molar-refractivity contribution is 0.600. The van der Waals surface area contributed by atoms with Gasteiger partial charge in [0.2, 0.25) is 0 Å². The quantitative estimate of drug-likeness (QED) is 0.892. The predicted octanol–water partition coefficient (Wildman–Crippen LogP) is 1.64. The molecule has 1 aromatic carbocycles. The molecule has 0 aliphatic heterocycles. The Morgan fingerprint density at radius 3 is 2.60 bits per heavy atom. The molecule has 2 rings (SSSR count). The van der Waals surface area contributed by atoms with E-state index in [0.717, 1.165) is 0 Å². The molecule has 0 amide bonds. The van der Waals surface area contributed by atoms with Crippen LogP contribution >= 0.6 is 0 Å². The largest absolute Gasteiger partial charge is 0.397 e. The van der Waals surface area contributed by atoms with Crippen molar-refractivity contribution in [3.8, 4) is 6.07 Å². The molecule has 0 unspecified atom stereocenters. The normalized spacial score (nSPS) is 10.8. The van der Waals surface area contributed by atoms with Gasteiger partial charge in [0.25, 0.3) is 10.0 Å². The predicted molar refractivity (Wildman–Crippen MR) is 75.4 cm³/mol. The van der Waals surface area contributed by atoms with E-state index in [1.807, 2.05) is 6.07 Å². The fourth-order valence-electron chi connectivity index (χ4n) is 1.68. The minimum absolute atomic E-state index is 0.107. The van der Waals surface area contributed by atoms with Crippen LogP contribution < -0.4 is 10.5 Å². The van der Waals surface area contributed by atoms with E-state index in [-0.39, 0.29) is 10.7 Å². The van der Waals surface area contributed by atoms with Gasteiger partial charge in [0.05, 0.1) is 28.4 Å². The highest BCUT2D eigenvalue weighted by Gasteiger charge is 2.17. The van der Waals surface area contributed by atoms with Gasteiger partial charge in [0.1, 0.15) is 5.82 Å². The standard InChI is InChI=1S/C13H12N4O2S/c1-9-6-10(7-14)2-4-12(9)20(18,19)17-13-5-3-11(15)8-16-13/h2-6,8H,15H2,1H3,(H,16,17). The Morgan fingerprint density at radius 1 is 1.30 bits per heavy atom. The molecule has 0 bridgehead atoms. The molecule has 0 fully saturated rings. The number of nitrogen functional groups attached to an aromatic ring is 1. The second-order valence-corrected chi connectivity index (χ2v) is 5.83. The molecular formula is C13H12N4O2S. The molecule has 0 radical (unpaired) electrons. The number of aryl methyl sites for hydroxylation is 1. The summed E-state index contributed by atoms with van der Waals surface area (Å²) < 4.78 is 26.8. The van der Waals surface area contributed by atoms with Crippen LogP contribution in [-0.4, -0.2) is 13.4 Å². The summed E-state index contributed by atoms with van der Waals surface area (Å²) in [6.07, 6.45) is 1.36. The van der Waals surface area contributed by atoms with Crippen LogP contribution in [0.4, 0.5) is 11.5 Å². The van der Waals surface area contributed by atoms with Crippen LogP contribution in [0.3, 0.4) is 0 Å².